The Morgan fingerprint density at radius 2 is 2.04 bits per heavy atom. The van der Waals surface area contributed by atoms with E-state index >= 15 is 0 Å². The molecule has 0 fully saturated rings. The van der Waals surface area contributed by atoms with Gasteiger partial charge in [0.1, 0.15) is 16.6 Å². The molecule has 1 amide bonds. The fourth-order valence-electron chi connectivity index (χ4n) is 2.32. The number of rotatable bonds is 5. The third kappa shape index (κ3) is 4.48. The molecule has 0 bridgehead atoms. The van der Waals surface area contributed by atoms with E-state index in [4.69, 9.17) is 0 Å². The van der Waals surface area contributed by atoms with Crippen molar-refractivity contribution >= 4 is 17.2 Å². The molecule has 0 spiro atoms. The van der Waals surface area contributed by atoms with Gasteiger partial charge in [0.25, 0.3) is 0 Å². The summed E-state index contributed by atoms with van der Waals surface area (Å²) in [6, 6.07) is 11.1. The predicted molar refractivity (Wildman–Crippen MR) is 94.2 cm³/mol. The average molecular weight is 358 g/mol. The molecule has 0 atom stereocenters. The van der Waals surface area contributed by atoms with Crippen molar-refractivity contribution in [2.45, 2.75) is 19.9 Å². The first-order valence-electron chi connectivity index (χ1n) is 7.73. The van der Waals surface area contributed by atoms with E-state index < -0.39 is 0 Å². The number of thiazole rings is 1. The largest absolute Gasteiger partial charge is 0.352 e. The van der Waals surface area contributed by atoms with Crippen LogP contribution < -0.4 is 5.32 Å². The Morgan fingerprint density at radius 3 is 2.80 bits per heavy atom. The van der Waals surface area contributed by atoms with E-state index in [1.165, 1.54) is 29.5 Å². The number of nitrogens with one attached hydrogen (secondary N) is 1. The SMILES string of the molecule is Cc1ccc(CNC(=O)Cc2csc(-c3cccc(F)c3)n2)cc1F. The highest BCUT2D eigenvalue weighted by Gasteiger charge is 2.10. The Kier molecular flexibility index (Phi) is 5.19. The number of hydrogen-bond donors (Lipinski definition) is 1. The number of halogens is 2. The molecule has 1 N–H and O–H groups in total. The number of aryl methyl sites for hydroxylation is 1. The van der Waals surface area contributed by atoms with Crippen molar-refractivity contribution in [3.8, 4) is 10.6 Å². The van der Waals surface area contributed by atoms with Crippen molar-refractivity contribution in [1.29, 1.82) is 0 Å². The summed E-state index contributed by atoms with van der Waals surface area (Å²) < 4.78 is 26.8. The van der Waals surface area contributed by atoms with E-state index in [9.17, 15) is 13.6 Å². The van der Waals surface area contributed by atoms with Crippen LogP contribution in [0.4, 0.5) is 8.78 Å². The molecule has 0 unspecified atom stereocenters. The summed E-state index contributed by atoms with van der Waals surface area (Å²) in [5, 5.41) is 5.20. The Morgan fingerprint density at radius 1 is 1.20 bits per heavy atom. The number of carbonyl (C=O) groups is 1. The number of benzene rings is 2. The molecular weight excluding hydrogens is 342 g/mol. The highest BCUT2D eigenvalue weighted by Crippen LogP contribution is 2.24. The quantitative estimate of drug-likeness (QED) is 0.741. The summed E-state index contributed by atoms with van der Waals surface area (Å²) in [6.45, 7) is 1.95. The predicted octanol–water partition coefficient (Wildman–Crippen LogP) is 4.26. The number of nitrogens with zero attached hydrogens (tertiary/aromatic N) is 1. The minimum absolute atomic E-state index is 0.125. The third-order valence-electron chi connectivity index (χ3n) is 3.69. The molecule has 1 heterocycles. The monoisotopic (exact) mass is 358 g/mol. The average Bonchev–Trinajstić information content (AvgIpc) is 3.04. The van der Waals surface area contributed by atoms with Crippen LogP contribution in [0.5, 0.6) is 0 Å². The molecule has 0 aliphatic heterocycles. The zero-order valence-corrected chi connectivity index (χ0v) is 14.4. The summed E-state index contributed by atoms with van der Waals surface area (Å²) in [5.41, 5.74) is 2.58. The second kappa shape index (κ2) is 7.53. The van der Waals surface area contributed by atoms with Crippen LogP contribution in [0.25, 0.3) is 10.6 Å². The Hall–Kier alpha value is -2.60. The lowest BCUT2D eigenvalue weighted by Gasteiger charge is -2.05. The molecule has 3 rings (SSSR count). The molecule has 0 saturated carbocycles. The van der Waals surface area contributed by atoms with Gasteiger partial charge in [0.15, 0.2) is 0 Å². The van der Waals surface area contributed by atoms with Gasteiger partial charge in [0.2, 0.25) is 5.91 Å². The topological polar surface area (TPSA) is 42.0 Å². The lowest BCUT2D eigenvalue weighted by Crippen LogP contribution is -2.24. The van der Waals surface area contributed by atoms with Crippen LogP contribution in [0.15, 0.2) is 47.8 Å². The van der Waals surface area contributed by atoms with Crippen LogP contribution in [-0.4, -0.2) is 10.9 Å². The van der Waals surface area contributed by atoms with Gasteiger partial charge in [-0.2, -0.15) is 0 Å². The molecular formula is C19H16F2N2OS. The third-order valence-corrected chi connectivity index (χ3v) is 4.63. The maximum Gasteiger partial charge on any atom is 0.226 e. The van der Waals surface area contributed by atoms with Crippen molar-refractivity contribution in [3.05, 3.63) is 76.3 Å². The number of amides is 1. The van der Waals surface area contributed by atoms with Crippen molar-refractivity contribution in [3.63, 3.8) is 0 Å². The smallest absolute Gasteiger partial charge is 0.226 e. The van der Waals surface area contributed by atoms with E-state index in [1.807, 2.05) is 0 Å². The van der Waals surface area contributed by atoms with Crippen LogP contribution in [0.3, 0.4) is 0 Å². The minimum atomic E-state index is -0.322. The first-order valence-corrected chi connectivity index (χ1v) is 8.61. The second-order valence-electron chi connectivity index (χ2n) is 5.69. The molecule has 1 aromatic heterocycles. The second-order valence-corrected chi connectivity index (χ2v) is 6.55. The van der Waals surface area contributed by atoms with Crippen molar-refractivity contribution < 1.29 is 13.6 Å². The fourth-order valence-corrected chi connectivity index (χ4v) is 3.13. The maximum absolute atomic E-state index is 13.5. The summed E-state index contributed by atoms with van der Waals surface area (Å²) in [7, 11) is 0. The molecule has 3 nitrogen and oxygen atoms in total. The molecule has 3 aromatic rings. The Balaban J connectivity index is 1.59. The van der Waals surface area contributed by atoms with E-state index in [0.29, 0.717) is 27.4 Å². The van der Waals surface area contributed by atoms with Crippen LogP contribution in [0, 0.1) is 18.6 Å². The normalized spacial score (nSPS) is 10.7. The summed E-state index contributed by atoms with van der Waals surface area (Å²) in [5.74, 6) is -0.805. The molecule has 6 heteroatoms. The molecule has 2 aromatic carbocycles. The van der Waals surface area contributed by atoms with E-state index in [2.05, 4.69) is 10.3 Å². The molecule has 25 heavy (non-hydrogen) atoms. The van der Waals surface area contributed by atoms with Gasteiger partial charge in [0, 0.05) is 17.5 Å². The first kappa shape index (κ1) is 17.2. The number of hydrogen-bond acceptors (Lipinski definition) is 3. The van der Waals surface area contributed by atoms with Crippen LogP contribution in [0.1, 0.15) is 16.8 Å². The molecule has 0 aliphatic carbocycles. The molecule has 0 radical (unpaired) electrons. The number of carbonyl (C=O) groups excluding carboxylic acids is 1. The van der Waals surface area contributed by atoms with Gasteiger partial charge in [-0.05, 0) is 36.2 Å². The van der Waals surface area contributed by atoms with Gasteiger partial charge in [-0.1, -0.05) is 24.3 Å². The highest BCUT2D eigenvalue weighted by atomic mass is 32.1. The van der Waals surface area contributed by atoms with Gasteiger partial charge in [-0.3, -0.25) is 4.79 Å². The molecule has 0 aliphatic rings. The minimum Gasteiger partial charge on any atom is -0.352 e. The molecule has 128 valence electrons. The lowest BCUT2D eigenvalue weighted by atomic mass is 10.1. The molecule has 0 saturated heterocycles. The van der Waals surface area contributed by atoms with Gasteiger partial charge in [-0.25, -0.2) is 13.8 Å². The Bertz CT molecular complexity index is 908. The fraction of sp³-hybridized carbons (Fsp3) is 0.158. The lowest BCUT2D eigenvalue weighted by molar-refractivity contribution is -0.120. The maximum atomic E-state index is 13.5. The van der Waals surface area contributed by atoms with Crippen molar-refractivity contribution in [2.75, 3.05) is 0 Å². The standard InChI is InChI=1S/C19H16F2N2OS/c1-12-5-6-13(7-17(12)21)10-22-18(24)9-16-11-25-19(23-16)14-3-2-4-15(20)8-14/h2-8,11H,9-10H2,1H3,(H,22,24). The van der Waals surface area contributed by atoms with E-state index in [1.54, 1.807) is 36.6 Å². The van der Waals surface area contributed by atoms with Gasteiger partial charge in [-0.15, -0.1) is 11.3 Å². The Labute approximate surface area is 148 Å². The van der Waals surface area contributed by atoms with Crippen molar-refractivity contribution in [1.82, 2.24) is 10.3 Å². The van der Waals surface area contributed by atoms with E-state index in [0.717, 1.165) is 0 Å². The highest BCUT2D eigenvalue weighted by molar-refractivity contribution is 7.13. The zero-order chi connectivity index (χ0) is 17.8. The summed E-state index contributed by atoms with van der Waals surface area (Å²) >= 11 is 1.36. The van der Waals surface area contributed by atoms with Crippen LogP contribution >= 0.6 is 11.3 Å². The summed E-state index contributed by atoms with van der Waals surface area (Å²) in [6.07, 6.45) is 0.125. The van der Waals surface area contributed by atoms with Crippen molar-refractivity contribution in [2.24, 2.45) is 0 Å². The number of aromatic nitrogens is 1. The summed E-state index contributed by atoms with van der Waals surface area (Å²) in [4.78, 5) is 16.4. The van der Waals surface area contributed by atoms with Gasteiger partial charge in [0.05, 0.1) is 12.1 Å². The van der Waals surface area contributed by atoms with Crippen LogP contribution in [-0.2, 0) is 17.8 Å². The first-order chi connectivity index (χ1) is 12.0. The van der Waals surface area contributed by atoms with Crippen LogP contribution in [0.2, 0.25) is 0 Å². The van der Waals surface area contributed by atoms with E-state index in [-0.39, 0.29) is 30.5 Å². The van der Waals surface area contributed by atoms with Gasteiger partial charge < -0.3 is 5.32 Å². The zero-order valence-electron chi connectivity index (χ0n) is 13.6. The van der Waals surface area contributed by atoms with Gasteiger partial charge >= 0.3 is 0 Å².